The maximum absolute atomic E-state index is 13.9. The van der Waals surface area contributed by atoms with Crippen LogP contribution < -0.4 is 10.1 Å². The van der Waals surface area contributed by atoms with Crippen LogP contribution in [-0.4, -0.2) is 24.8 Å². The van der Waals surface area contributed by atoms with E-state index >= 15 is 0 Å². The lowest BCUT2D eigenvalue weighted by Crippen LogP contribution is -2.34. The van der Waals surface area contributed by atoms with E-state index in [1.54, 1.807) is 32.9 Å². The molecule has 5 nitrogen and oxygen atoms in total. The summed E-state index contributed by atoms with van der Waals surface area (Å²) < 4.78 is 24.7. The number of hydrogen-bond acceptors (Lipinski definition) is 4. The molecule has 1 rings (SSSR count). The van der Waals surface area contributed by atoms with Crippen molar-refractivity contribution in [1.82, 2.24) is 5.32 Å². The van der Waals surface area contributed by atoms with Gasteiger partial charge < -0.3 is 14.8 Å². The molecule has 1 aromatic carbocycles. The Hall–Kier alpha value is -1.56. The Morgan fingerprint density at radius 2 is 2.14 bits per heavy atom. The number of nitriles is 1. The molecule has 0 radical (unpaired) electrons. The van der Waals surface area contributed by atoms with Crippen molar-refractivity contribution in [2.24, 2.45) is 0 Å². The molecule has 0 unspecified atom stereocenters. The number of halogens is 2. The van der Waals surface area contributed by atoms with Gasteiger partial charge in [-0.05, 0) is 55.5 Å². The Kier molecular flexibility index (Phi) is 6.20. The predicted octanol–water partition coefficient (Wildman–Crippen LogP) is 3.21. The largest absolute Gasteiger partial charge is 0.489 e. The number of benzene rings is 1. The van der Waals surface area contributed by atoms with Crippen LogP contribution >= 0.6 is 22.6 Å². The SMILES string of the molecule is CC(C)(C)OC(=O)NCCOc1ccc(I)c(C#N)c1F. The quantitative estimate of drug-likeness (QED) is 0.616. The van der Waals surface area contributed by atoms with Gasteiger partial charge in [-0.15, -0.1) is 0 Å². The Morgan fingerprint density at radius 1 is 1.48 bits per heavy atom. The summed E-state index contributed by atoms with van der Waals surface area (Å²) in [6.07, 6.45) is -0.563. The van der Waals surface area contributed by atoms with Gasteiger partial charge in [0.2, 0.25) is 0 Å². The number of nitrogens with zero attached hydrogens (tertiary/aromatic N) is 1. The van der Waals surface area contributed by atoms with Crippen molar-refractivity contribution < 1.29 is 18.7 Å². The molecule has 1 N–H and O–H groups in total. The number of nitrogens with one attached hydrogen (secondary N) is 1. The van der Waals surface area contributed by atoms with Gasteiger partial charge in [-0.1, -0.05) is 0 Å². The van der Waals surface area contributed by atoms with Gasteiger partial charge in [-0.2, -0.15) is 5.26 Å². The third-order valence-electron chi connectivity index (χ3n) is 2.20. The molecule has 0 saturated heterocycles. The van der Waals surface area contributed by atoms with Gasteiger partial charge in [0.15, 0.2) is 11.6 Å². The van der Waals surface area contributed by atoms with E-state index in [0.29, 0.717) is 3.57 Å². The van der Waals surface area contributed by atoms with Gasteiger partial charge in [0.05, 0.1) is 6.54 Å². The summed E-state index contributed by atoms with van der Waals surface area (Å²) in [4.78, 5) is 11.4. The summed E-state index contributed by atoms with van der Waals surface area (Å²) in [5.74, 6) is -0.709. The summed E-state index contributed by atoms with van der Waals surface area (Å²) in [6.45, 7) is 5.51. The lowest BCUT2D eigenvalue weighted by Gasteiger charge is -2.19. The molecule has 0 aliphatic rings. The average molecular weight is 406 g/mol. The molecule has 0 aliphatic carbocycles. The zero-order valence-electron chi connectivity index (χ0n) is 12.0. The molecule has 0 aliphatic heterocycles. The summed E-state index contributed by atoms with van der Waals surface area (Å²) in [5.41, 5.74) is -0.623. The number of alkyl carbamates (subject to hydrolysis) is 1. The molecule has 0 heterocycles. The molecular formula is C14H16FIN2O3. The van der Waals surface area contributed by atoms with Crippen LogP contribution in [0, 0.1) is 20.7 Å². The summed E-state index contributed by atoms with van der Waals surface area (Å²) >= 11 is 1.88. The summed E-state index contributed by atoms with van der Waals surface area (Å²) in [5, 5.41) is 11.3. The Labute approximate surface area is 136 Å². The van der Waals surface area contributed by atoms with Gasteiger partial charge in [0.25, 0.3) is 0 Å². The van der Waals surface area contributed by atoms with E-state index in [0.717, 1.165) is 0 Å². The van der Waals surface area contributed by atoms with E-state index in [4.69, 9.17) is 14.7 Å². The lowest BCUT2D eigenvalue weighted by atomic mass is 10.2. The highest BCUT2D eigenvalue weighted by Gasteiger charge is 2.16. The second-order valence-electron chi connectivity index (χ2n) is 5.12. The summed E-state index contributed by atoms with van der Waals surface area (Å²) in [6, 6.07) is 4.83. The highest BCUT2D eigenvalue weighted by atomic mass is 127. The van der Waals surface area contributed by atoms with Crippen molar-refractivity contribution in [3.63, 3.8) is 0 Å². The number of ether oxygens (including phenoxy) is 2. The van der Waals surface area contributed by atoms with E-state index in [1.807, 2.05) is 22.6 Å². The van der Waals surface area contributed by atoms with Crippen LogP contribution in [-0.2, 0) is 4.74 Å². The van der Waals surface area contributed by atoms with Gasteiger partial charge in [0.1, 0.15) is 23.8 Å². The molecule has 0 saturated carbocycles. The number of carbonyl (C=O) groups excluding carboxylic acids is 1. The fraction of sp³-hybridized carbons (Fsp3) is 0.429. The summed E-state index contributed by atoms with van der Waals surface area (Å²) in [7, 11) is 0. The molecule has 21 heavy (non-hydrogen) atoms. The van der Waals surface area contributed by atoms with Crippen LogP contribution in [0.25, 0.3) is 0 Å². The van der Waals surface area contributed by atoms with E-state index in [1.165, 1.54) is 6.07 Å². The van der Waals surface area contributed by atoms with Crippen molar-refractivity contribution in [1.29, 1.82) is 5.26 Å². The Balaban J connectivity index is 2.48. The molecule has 1 amide bonds. The molecule has 0 aromatic heterocycles. The van der Waals surface area contributed by atoms with Crippen molar-refractivity contribution in [3.8, 4) is 11.8 Å². The normalized spacial score (nSPS) is 10.7. The Morgan fingerprint density at radius 3 is 2.71 bits per heavy atom. The molecule has 1 aromatic rings. The fourth-order valence-electron chi connectivity index (χ4n) is 1.38. The standard InChI is InChI=1S/C14H16FIN2O3/c1-14(2,3)21-13(19)18-6-7-20-11-5-4-10(16)9(8-17)12(11)15/h4-5H,6-7H2,1-3H3,(H,18,19). The molecule has 114 valence electrons. The molecule has 0 bridgehead atoms. The minimum Gasteiger partial charge on any atom is -0.489 e. The topological polar surface area (TPSA) is 71.3 Å². The molecule has 0 atom stereocenters. The smallest absolute Gasteiger partial charge is 0.407 e. The molecular weight excluding hydrogens is 390 g/mol. The first-order valence-electron chi connectivity index (χ1n) is 6.22. The zero-order valence-corrected chi connectivity index (χ0v) is 14.2. The molecule has 7 heteroatoms. The zero-order chi connectivity index (χ0) is 16.0. The van der Waals surface area contributed by atoms with E-state index in [9.17, 15) is 9.18 Å². The number of rotatable bonds is 4. The van der Waals surface area contributed by atoms with E-state index in [2.05, 4.69) is 5.32 Å². The number of carbonyl (C=O) groups is 1. The average Bonchev–Trinajstić information content (AvgIpc) is 2.35. The minimum absolute atomic E-state index is 0.0158. The number of amides is 1. The van der Waals surface area contributed by atoms with Gasteiger partial charge in [-0.25, -0.2) is 9.18 Å². The monoisotopic (exact) mass is 406 g/mol. The minimum atomic E-state index is -0.693. The maximum Gasteiger partial charge on any atom is 0.407 e. The van der Waals surface area contributed by atoms with Crippen LogP contribution in [0.1, 0.15) is 26.3 Å². The van der Waals surface area contributed by atoms with Crippen molar-refractivity contribution in [2.45, 2.75) is 26.4 Å². The van der Waals surface area contributed by atoms with Gasteiger partial charge in [-0.3, -0.25) is 0 Å². The van der Waals surface area contributed by atoms with Crippen LogP contribution in [0.4, 0.5) is 9.18 Å². The predicted molar refractivity (Wildman–Crippen MR) is 83.6 cm³/mol. The van der Waals surface area contributed by atoms with Crippen LogP contribution in [0.5, 0.6) is 5.75 Å². The number of hydrogen-bond donors (Lipinski definition) is 1. The first kappa shape index (κ1) is 17.5. The lowest BCUT2D eigenvalue weighted by molar-refractivity contribution is 0.0520. The van der Waals surface area contributed by atoms with Crippen LogP contribution in [0.3, 0.4) is 0 Å². The van der Waals surface area contributed by atoms with Crippen molar-refractivity contribution in [2.75, 3.05) is 13.2 Å². The first-order chi connectivity index (χ1) is 9.74. The molecule has 0 fully saturated rings. The second kappa shape index (κ2) is 7.45. The fourth-order valence-corrected chi connectivity index (χ4v) is 1.91. The highest BCUT2D eigenvalue weighted by molar-refractivity contribution is 14.1. The van der Waals surface area contributed by atoms with E-state index < -0.39 is 17.5 Å². The Bertz CT molecular complexity index is 565. The third kappa shape index (κ3) is 5.75. The van der Waals surface area contributed by atoms with Crippen LogP contribution in [0.2, 0.25) is 0 Å². The maximum atomic E-state index is 13.9. The van der Waals surface area contributed by atoms with Gasteiger partial charge in [0, 0.05) is 3.57 Å². The van der Waals surface area contributed by atoms with Crippen LogP contribution in [0.15, 0.2) is 12.1 Å². The second-order valence-corrected chi connectivity index (χ2v) is 6.29. The van der Waals surface area contributed by atoms with Crippen molar-refractivity contribution >= 4 is 28.7 Å². The highest BCUT2D eigenvalue weighted by Crippen LogP contribution is 2.24. The van der Waals surface area contributed by atoms with E-state index in [-0.39, 0.29) is 24.5 Å². The van der Waals surface area contributed by atoms with Gasteiger partial charge >= 0.3 is 6.09 Å². The van der Waals surface area contributed by atoms with Crippen molar-refractivity contribution in [3.05, 3.63) is 27.1 Å². The molecule has 0 spiro atoms. The third-order valence-corrected chi connectivity index (χ3v) is 3.09. The first-order valence-corrected chi connectivity index (χ1v) is 7.30.